The van der Waals surface area contributed by atoms with Crippen molar-refractivity contribution in [3.8, 4) is 5.75 Å². The van der Waals surface area contributed by atoms with Crippen molar-refractivity contribution in [1.82, 2.24) is 10.3 Å². The van der Waals surface area contributed by atoms with Gasteiger partial charge in [0.2, 0.25) is 0 Å². The molecule has 36 heavy (non-hydrogen) atoms. The van der Waals surface area contributed by atoms with Crippen LogP contribution in [0.15, 0.2) is 67.0 Å². The average Bonchev–Trinajstić information content (AvgIpc) is 3.12. The van der Waals surface area contributed by atoms with E-state index in [0.717, 1.165) is 41.3 Å². The van der Waals surface area contributed by atoms with Gasteiger partial charge < -0.3 is 15.4 Å². The van der Waals surface area contributed by atoms with E-state index < -0.39 is 47.7 Å². The molecule has 4 rings (SSSR count). The normalized spacial score (nSPS) is 16.5. The van der Waals surface area contributed by atoms with Gasteiger partial charge in [-0.2, -0.15) is 0 Å². The molecule has 2 atom stereocenters. The lowest BCUT2D eigenvalue weighted by Gasteiger charge is -2.21. The lowest BCUT2D eigenvalue weighted by Crippen LogP contribution is -2.35. The Labute approximate surface area is 201 Å². The van der Waals surface area contributed by atoms with Crippen LogP contribution in [0.3, 0.4) is 0 Å². The van der Waals surface area contributed by atoms with E-state index in [0.29, 0.717) is 5.56 Å². The zero-order valence-electron chi connectivity index (χ0n) is 18.5. The van der Waals surface area contributed by atoms with Gasteiger partial charge in [0, 0.05) is 17.7 Å². The van der Waals surface area contributed by atoms with E-state index in [1.165, 1.54) is 24.5 Å². The summed E-state index contributed by atoms with van der Waals surface area (Å²) in [6, 6.07) is 9.00. The number of carbonyl (C=O) groups excluding carboxylic acids is 3. The summed E-state index contributed by atoms with van der Waals surface area (Å²) in [4.78, 5) is 43.1. The second-order valence-electron chi connectivity index (χ2n) is 7.86. The highest BCUT2D eigenvalue weighted by molar-refractivity contribution is 6.21. The first-order valence-corrected chi connectivity index (χ1v) is 10.5. The van der Waals surface area contributed by atoms with Gasteiger partial charge in [0.15, 0.2) is 0 Å². The van der Waals surface area contributed by atoms with Crippen LogP contribution in [0.2, 0.25) is 0 Å². The molecule has 2 N–H and O–H groups in total. The average molecular weight is 502 g/mol. The monoisotopic (exact) mass is 502 g/mol. The van der Waals surface area contributed by atoms with E-state index in [1.54, 1.807) is 13.0 Å². The largest absolute Gasteiger partial charge is 0.573 e. The van der Waals surface area contributed by atoms with E-state index in [-0.39, 0.29) is 16.9 Å². The molecule has 0 radical (unpaired) electrons. The van der Waals surface area contributed by atoms with Crippen LogP contribution in [-0.4, -0.2) is 35.2 Å². The van der Waals surface area contributed by atoms with Crippen LogP contribution < -0.4 is 20.3 Å². The Morgan fingerprint density at radius 2 is 1.75 bits per heavy atom. The van der Waals surface area contributed by atoms with E-state index in [1.807, 2.05) is 0 Å². The minimum atomic E-state index is -4.88. The number of benzene rings is 2. The van der Waals surface area contributed by atoms with Gasteiger partial charge in [-0.15, -0.1) is 13.2 Å². The third-order valence-corrected chi connectivity index (χ3v) is 5.50. The Morgan fingerprint density at radius 1 is 1.08 bits per heavy atom. The highest BCUT2D eigenvalue weighted by Crippen LogP contribution is 2.32. The number of carbonyl (C=O) groups is 3. The van der Waals surface area contributed by atoms with E-state index in [4.69, 9.17) is 0 Å². The van der Waals surface area contributed by atoms with Gasteiger partial charge in [-0.05, 0) is 60.2 Å². The molecule has 186 valence electrons. The molecule has 4 amide bonds. The second-order valence-corrected chi connectivity index (χ2v) is 7.86. The molecular weight excluding hydrogens is 484 g/mol. The van der Waals surface area contributed by atoms with Gasteiger partial charge in [0.05, 0.1) is 17.6 Å². The van der Waals surface area contributed by atoms with Gasteiger partial charge >= 0.3 is 12.4 Å². The molecule has 0 bridgehead atoms. The zero-order valence-corrected chi connectivity index (χ0v) is 18.5. The van der Waals surface area contributed by atoms with Crippen LogP contribution in [0.1, 0.15) is 28.8 Å². The van der Waals surface area contributed by atoms with Crippen LogP contribution in [0.4, 0.5) is 33.7 Å². The second kappa shape index (κ2) is 9.64. The van der Waals surface area contributed by atoms with Crippen molar-refractivity contribution in [1.29, 1.82) is 0 Å². The molecule has 1 saturated heterocycles. The van der Waals surface area contributed by atoms with Crippen LogP contribution in [-0.2, 0) is 4.79 Å². The number of alkyl halides is 3. The van der Waals surface area contributed by atoms with Crippen molar-refractivity contribution in [3.63, 3.8) is 0 Å². The summed E-state index contributed by atoms with van der Waals surface area (Å²) < 4.78 is 54.2. The highest BCUT2D eigenvalue weighted by atomic mass is 19.4. The summed E-state index contributed by atoms with van der Waals surface area (Å²) in [5, 5.41) is 5.25. The molecule has 12 heteroatoms. The standard InChI is InChI=1S/C24H18F4N4O4/c1-13(18-10-11-29-12-19(18)30-21(33)14-2-4-15(25)5-3-14)20-22(34)32(23(35)31-20)16-6-8-17(9-7-16)36-24(26,27)28/h2-13,20H,1H3,(H,30,33)(H,31,35). The summed E-state index contributed by atoms with van der Waals surface area (Å²) >= 11 is 0. The number of halogens is 4. The SMILES string of the molecule is CC(c1ccncc1NC(=O)c1ccc(F)cc1)C1NC(=O)N(c2ccc(OC(F)(F)F)cc2)C1=O. The topological polar surface area (TPSA) is 101 Å². The lowest BCUT2D eigenvalue weighted by molar-refractivity contribution is -0.274. The number of imide groups is 1. The number of hydrogen-bond acceptors (Lipinski definition) is 5. The smallest absolute Gasteiger partial charge is 0.406 e. The third-order valence-electron chi connectivity index (χ3n) is 5.50. The lowest BCUT2D eigenvalue weighted by atomic mass is 9.92. The highest BCUT2D eigenvalue weighted by Gasteiger charge is 2.43. The Morgan fingerprint density at radius 3 is 2.39 bits per heavy atom. The first kappa shape index (κ1) is 24.6. The number of aromatic nitrogens is 1. The van der Waals surface area contributed by atoms with E-state index >= 15 is 0 Å². The molecule has 3 aromatic rings. The van der Waals surface area contributed by atoms with E-state index in [9.17, 15) is 31.9 Å². The summed E-state index contributed by atoms with van der Waals surface area (Å²) in [6.07, 6.45) is -2.04. The van der Waals surface area contributed by atoms with Crippen molar-refractivity contribution in [3.05, 3.63) is 83.9 Å². The van der Waals surface area contributed by atoms with Crippen molar-refractivity contribution >= 4 is 29.2 Å². The zero-order chi connectivity index (χ0) is 26.0. The number of rotatable bonds is 6. The summed E-state index contributed by atoms with van der Waals surface area (Å²) in [6.45, 7) is 1.66. The van der Waals surface area contributed by atoms with Crippen LogP contribution in [0.25, 0.3) is 0 Å². The van der Waals surface area contributed by atoms with Crippen molar-refractivity contribution in [2.45, 2.75) is 25.2 Å². The number of anilines is 2. The number of urea groups is 1. The molecule has 0 spiro atoms. The third kappa shape index (κ3) is 5.27. The van der Waals surface area contributed by atoms with Crippen molar-refractivity contribution < 1.29 is 36.7 Å². The fraction of sp³-hybridized carbons (Fsp3) is 0.167. The Kier molecular flexibility index (Phi) is 6.60. The van der Waals surface area contributed by atoms with Crippen LogP contribution in [0.5, 0.6) is 5.75 Å². The minimum Gasteiger partial charge on any atom is -0.406 e. The number of amides is 4. The molecule has 1 fully saturated rings. The van der Waals surface area contributed by atoms with Crippen LogP contribution in [0, 0.1) is 5.82 Å². The van der Waals surface area contributed by atoms with Gasteiger partial charge in [-0.1, -0.05) is 6.92 Å². The quantitative estimate of drug-likeness (QED) is 0.379. The number of pyridine rings is 1. The van der Waals surface area contributed by atoms with Crippen molar-refractivity contribution in [2.75, 3.05) is 10.2 Å². The molecule has 8 nitrogen and oxygen atoms in total. The predicted octanol–water partition coefficient (Wildman–Crippen LogP) is 4.60. The first-order chi connectivity index (χ1) is 17.0. The summed E-state index contributed by atoms with van der Waals surface area (Å²) in [7, 11) is 0. The number of nitrogens with zero attached hydrogens (tertiary/aromatic N) is 2. The van der Waals surface area contributed by atoms with Gasteiger partial charge in [-0.3, -0.25) is 14.6 Å². The number of nitrogens with one attached hydrogen (secondary N) is 2. The summed E-state index contributed by atoms with van der Waals surface area (Å²) in [5.74, 6) is -2.79. The minimum absolute atomic E-state index is 0.0567. The molecule has 2 aromatic carbocycles. The molecule has 1 aliphatic rings. The fourth-order valence-corrected chi connectivity index (χ4v) is 3.76. The number of ether oxygens (including phenoxy) is 1. The van der Waals surface area contributed by atoms with E-state index in [2.05, 4.69) is 20.4 Å². The molecule has 0 aliphatic carbocycles. The Balaban J connectivity index is 1.53. The van der Waals surface area contributed by atoms with Crippen molar-refractivity contribution in [2.24, 2.45) is 0 Å². The number of hydrogen-bond donors (Lipinski definition) is 2. The molecule has 2 unspecified atom stereocenters. The van der Waals surface area contributed by atoms with Gasteiger partial charge in [-0.25, -0.2) is 14.1 Å². The maximum atomic E-state index is 13.2. The molecular formula is C24H18F4N4O4. The maximum absolute atomic E-state index is 13.2. The maximum Gasteiger partial charge on any atom is 0.573 e. The Hall–Kier alpha value is -4.48. The molecule has 0 saturated carbocycles. The molecule has 2 heterocycles. The first-order valence-electron chi connectivity index (χ1n) is 10.5. The predicted molar refractivity (Wildman–Crippen MR) is 120 cm³/mol. The fourth-order valence-electron chi connectivity index (χ4n) is 3.76. The van der Waals surface area contributed by atoms with Crippen LogP contribution >= 0.6 is 0 Å². The van der Waals surface area contributed by atoms with Gasteiger partial charge in [0.25, 0.3) is 11.8 Å². The molecule has 1 aromatic heterocycles. The summed E-state index contributed by atoms with van der Waals surface area (Å²) in [5.41, 5.74) is 1.04. The molecule has 1 aliphatic heterocycles. The van der Waals surface area contributed by atoms with Gasteiger partial charge in [0.1, 0.15) is 17.6 Å². The Bertz CT molecular complexity index is 1300.